The number of sulfonamides is 1. The number of amides is 1. The van der Waals surface area contributed by atoms with Crippen LogP contribution >= 0.6 is 0 Å². The van der Waals surface area contributed by atoms with Gasteiger partial charge >= 0.3 is 0 Å². The Morgan fingerprint density at radius 3 is 2.44 bits per heavy atom. The molecule has 1 fully saturated rings. The van der Waals surface area contributed by atoms with Crippen molar-refractivity contribution in [1.82, 2.24) is 9.62 Å². The number of carbonyl (C=O) groups is 1. The van der Waals surface area contributed by atoms with Crippen molar-refractivity contribution in [3.05, 3.63) is 48.0 Å². The van der Waals surface area contributed by atoms with Crippen molar-refractivity contribution in [1.29, 1.82) is 0 Å². The van der Waals surface area contributed by atoms with Crippen LogP contribution in [0, 0.1) is 5.92 Å². The molecule has 9 heteroatoms. The van der Waals surface area contributed by atoms with E-state index in [0.717, 1.165) is 17.1 Å². The predicted molar refractivity (Wildman–Crippen MR) is 128 cm³/mol. The third-order valence-electron chi connectivity index (χ3n) is 6.46. The summed E-state index contributed by atoms with van der Waals surface area (Å²) in [4.78, 5) is 13.1. The zero-order valence-corrected chi connectivity index (χ0v) is 20.7. The first-order valence-corrected chi connectivity index (χ1v) is 13.1. The molecular weight excluding hydrogens is 456 g/mol. The Hall–Kier alpha value is -2.78. The summed E-state index contributed by atoms with van der Waals surface area (Å²) in [7, 11) is -3.60. The minimum absolute atomic E-state index is 0.0352. The number of hydrogen-bond acceptors (Lipinski definition) is 6. The van der Waals surface area contributed by atoms with E-state index in [-0.39, 0.29) is 28.9 Å². The van der Waals surface area contributed by atoms with E-state index < -0.39 is 10.0 Å². The van der Waals surface area contributed by atoms with Gasteiger partial charge in [-0.2, -0.15) is 4.31 Å². The number of fused-ring (bicyclic) bond motifs is 1. The molecule has 1 N–H and O–H groups in total. The van der Waals surface area contributed by atoms with Gasteiger partial charge in [-0.3, -0.25) is 4.79 Å². The van der Waals surface area contributed by atoms with Crippen LogP contribution in [0.3, 0.4) is 0 Å². The number of benzene rings is 2. The molecule has 0 aromatic heterocycles. The Morgan fingerprint density at radius 1 is 1.09 bits per heavy atom. The van der Waals surface area contributed by atoms with E-state index in [1.165, 1.54) is 4.31 Å². The molecule has 8 nitrogen and oxygen atoms in total. The van der Waals surface area contributed by atoms with Crippen LogP contribution in [-0.4, -0.2) is 51.7 Å². The molecular formula is C25H32N2O6S. The second-order valence-corrected chi connectivity index (χ2v) is 11.2. The Kier molecular flexibility index (Phi) is 7.04. The normalized spacial score (nSPS) is 16.9. The summed E-state index contributed by atoms with van der Waals surface area (Å²) in [6.07, 6.45) is 0.985. The van der Waals surface area contributed by atoms with Gasteiger partial charge in [0.15, 0.2) is 11.5 Å². The van der Waals surface area contributed by atoms with E-state index in [1.54, 1.807) is 24.3 Å². The molecule has 0 atom stereocenters. The standard InChI is InChI=1S/C25H32N2O6S/c1-4-31-20-6-8-21(9-7-20)34(29,30)27-13-11-18(12-14-27)24(28)26-16-25(2,3)19-5-10-22-23(15-19)33-17-32-22/h5-10,15,18H,4,11-14,16-17H2,1-3H3,(H,26,28). The summed E-state index contributed by atoms with van der Waals surface area (Å²) in [5, 5.41) is 3.07. The first kappa shape index (κ1) is 24.3. The van der Waals surface area contributed by atoms with Crippen LogP contribution in [-0.2, 0) is 20.2 Å². The summed E-state index contributed by atoms with van der Waals surface area (Å²) < 4.78 is 43.7. The van der Waals surface area contributed by atoms with Crippen LogP contribution in [0.1, 0.15) is 39.2 Å². The fourth-order valence-electron chi connectivity index (χ4n) is 4.25. The maximum Gasteiger partial charge on any atom is 0.243 e. The molecule has 0 spiro atoms. The highest BCUT2D eigenvalue weighted by Gasteiger charge is 2.33. The maximum absolute atomic E-state index is 13.0. The van der Waals surface area contributed by atoms with Crippen LogP contribution in [0.2, 0.25) is 0 Å². The summed E-state index contributed by atoms with van der Waals surface area (Å²) in [5.41, 5.74) is 0.752. The van der Waals surface area contributed by atoms with Gasteiger partial charge in [-0.1, -0.05) is 19.9 Å². The van der Waals surface area contributed by atoms with Crippen molar-refractivity contribution in [2.45, 2.75) is 43.9 Å². The third kappa shape index (κ3) is 5.15. The van der Waals surface area contributed by atoms with Gasteiger partial charge in [-0.25, -0.2) is 8.42 Å². The van der Waals surface area contributed by atoms with E-state index in [9.17, 15) is 13.2 Å². The molecule has 0 saturated carbocycles. The third-order valence-corrected chi connectivity index (χ3v) is 8.37. The van der Waals surface area contributed by atoms with Gasteiger partial charge in [0, 0.05) is 31.0 Å². The summed E-state index contributed by atoms with van der Waals surface area (Å²) in [5.74, 6) is 1.85. The summed E-state index contributed by atoms with van der Waals surface area (Å²) in [6.45, 7) is 7.87. The Labute approximate surface area is 201 Å². The molecule has 2 aromatic carbocycles. The molecule has 34 heavy (non-hydrogen) atoms. The quantitative estimate of drug-likeness (QED) is 0.613. The summed E-state index contributed by atoms with van der Waals surface area (Å²) >= 11 is 0. The number of ether oxygens (including phenoxy) is 3. The van der Waals surface area contributed by atoms with Crippen LogP contribution in [0.25, 0.3) is 0 Å². The number of hydrogen-bond donors (Lipinski definition) is 1. The molecule has 1 saturated heterocycles. The number of rotatable bonds is 8. The van der Waals surface area contributed by atoms with E-state index in [4.69, 9.17) is 14.2 Å². The highest BCUT2D eigenvalue weighted by Crippen LogP contribution is 2.36. The lowest BCUT2D eigenvalue weighted by Crippen LogP contribution is -2.45. The minimum atomic E-state index is -3.60. The van der Waals surface area contributed by atoms with Crippen molar-refractivity contribution < 1.29 is 27.4 Å². The van der Waals surface area contributed by atoms with Gasteiger partial charge < -0.3 is 19.5 Å². The Bertz CT molecular complexity index is 1120. The zero-order valence-electron chi connectivity index (χ0n) is 19.9. The highest BCUT2D eigenvalue weighted by atomic mass is 32.2. The van der Waals surface area contributed by atoms with Crippen LogP contribution < -0.4 is 19.5 Å². The number of carbonyl (C=O) groups excluding carboxylic acids is 1. The average molecular weight is 489 g/mol. The summed E-state index contributed by atoms with van der Waals surface area (Å²) in [6, 6.07) is 12.3. The first-order chi connectivity index (χ1) is 16.2. The van der Waals surface area contributed by atoms with Gasteiger partial charge in [0.1, 0.15) is 5.75 Å². The van der Waals surface area contributed by atoms with Gasteiger partial charge in [0.25, 0.3) is 0 Å². The van der Waals surface area contributed by atoms with Crippen molar-refractivity contribution in [3.63, 3.8) is 0 Å². The van der Waals surface area contributed by atoms with Crippen LogP contribution in [0.15, 0.2) is 47.4 Å². The molecule has 184 valence electrons. The van der Waals surface area contributed by atoms with Crippen molar-refractivity contribution in [3.8, 4) is 17.2 Å². The Balaban J connectivity index is 1.31. The van der Waals surface area contributed by atoms with Crippen molar-refractivity contribution in [2.24, 2.45) is 5.92 Å². The number of piperidine rings is 1. The highest BCUT2D eigenvalue weighted by molar-refractivity contribution is 7.89. The molecule has 0 aliphatic carbocycles. The van der Waals surface area contributed by atoms with Gasteiger partial charge in [0.05, 0.1) is 11.5 Å². The number of nitrogens with one attached hydrogen (secondary N) is 1. The molecule has 0 radical (unpaired) electrons. The van der Waals surface area contributed by atoms with Crippen molar-refractivity contribution in [2.75, 3.05) is 33.0 Å². The molecule has 4 rings (SSSR count). The van der Waals surface area contributed by atoms with E-state index in [1.807, 2.05) is 25.1 Å². The fraction of sp³-hybridized carbons (Fsp3) is 0.480. The molecule has 2 aliphatic rings. The molecule has 2 aliphatic heterocycles. The smallest absolute Gasteiger partial charge is 0.243 e. The van der Waals surface area contributed by atoms with E-state index in [2.05, 4.69) is 19.2 Å². The van der Waals surface area contributed by atoms with Crippen LogP contribution in [0.4, 0.5) is 0 Å². The minimum Gasteiger partial charge on any atom is -0.494 e. The fourth-order valence-corrected chi connectivity index (χ4v) is 5.72. The predicted octanol–water partition coefficient (Wildman–Crippen LogP) is 3.31. The molecule has 2 aromatic rings. The monoisotopic (exact) mass is 488 g/mol. The second-order valence-electron chi connectivity index (χ2n) is 9.25. The Morgan fingerprint density at radius 2 is 1.76 bits per heavy atom. The van der Waals surface area contributed by atoms with Crippen LogP contribution in [0.5, 0.6) is 17.2 Å². The lowest BCUT2D eigenvalue weighted by molar-refractivity contribution is -0.126. The average Bonchev–Trinajstić information content (AvgIpc) is 3.31. The molecule has 2 heterocycles. The second kappa shape index (κ2) is 9.84. The topological polar surface area (TPSA) is 94.2 Å². The largest absolute Gasteiger partial charge is 0.494 e. The van der Waals surface area contributed by atoms with Gasteiger partial charge in [0.2, 0.25) is 22.7 Å². The molecule has 0 bridgehead atoms. The van der Waals surface area contributed by atoms with E-state index in [0.29, 0.717) is 44.8 Å². The molecule has 1 amide bonds. The van der Waals surface area contributed by atoms with E-state index >= 15 is 0 Å². The lowest BCUT2D eigenvalue weighted by Gasteiger charge is -2.32. The van der Waals surface area contributed by atoms with Gasteiger partial charge in [-0.05, 0) is 61.7 Å². The molecule has 0 unspecified atom stereocenters. The maximum atomic E-state index is 13.0. The zero-order chi connectivity index (χ0) is 24.3. The SMILES string of the molecule is CCOc1ccc(S(=O)(=O)N2CCC(C(=O)NCC(C)(C)c3ccc4c(c3)OCO4)CC2)cc1. The van der Waals surface area contributed by atoms with Gasteiger partial charge in [-0.15, -0.1) is 0 Å². The lowest BCUT2D eigenvalue weighted by atomic mass is 9.84. The first-order valence-electron chi connectivity index (χ1n) is 11.6. The van der Waals surface area contributed by atoms with Crippen molar-refractivity contribution >= 4 is 15.9 Å². The number of nitrogens with zero attached hydrogens (tertiary/aromatic N) is 1.